The molecule has 0 fully saturated rings. The number of aliphatic carboxylic acids is 1. The van der Waals surface area contributed by atoms with Gasteiger partial charge in [-0.3, -0.25) is 0 Å². The third-order valence-electron chi connectivity index (χ3n) is 3.69. The molecule has 0 bridgehead atoms. The van der Waals surface area contributed by atoms with Gasteiger partial charge in [0.05, 0.1) is 5.57 Å². The Morgan fingerprint density at radius 3 is 2.32 bits per heavy atom. The van der Waals surface area contributed by atoms with E-state index in [1.807, 2.05) is 72.8 Å². The Hall–Kier alpha value is -2.87. The fourth-order valence-corrected chi connectivity index (χ4v) is 2.61. The molecule has 0 radical (unpaired) electrons. The molecule has 0 aromatic heterocycles. The molecular weight excluding hydrogens is 272 g/mol. The van der Waals surface area contributed by atoms with E-state index in [2.05, 4.69) is 0 Å². The van der Waals surface area contributed by atoms with Crippen LogP contribution in [0, 0.1) is 0 Å². The van der Waals surface area contributed by atoms with Crippen LogP contribution in [0.1, 0.15) is 11.1 Å². The lowest BCUT2D eigenvalue weighted by atomic mass is 9.97. The minimum absolute atomic E-state index is 0.348. The Morgan fingerprint density at radius 1 is 0.864 bits per heavy atom. The molecular formula is C20H16O2. The first-order valence-corrected chi connectivity index (χ1v) is 7.21. The zero-order valence-electron chi connectivity index (χ0n) is 12.1. The van der Waals surface area contributed by atoms with Gasteiger partial charge >= 0.3 is 5.97 Å². The number of hydrogen-bond donors (Lipinski definition) is 1. The molecule has 0 unspecified atom stereocenters. The lowest BCUT2D eigenvalue weighted by Crippen LogP contribution is -2.01. The zero-order chi connectivity index (χ0) is 15.4. The van der Waals surface area contributed by atoms with E-state index in [0.29, 0.717) is 12.0 Å². The van der Waals surface area contributed by atoms with Gasteiger partial charge in [-0.05, 0) is 28.3 Å². The fourth-order valence-electron chi connectivity index (χ4n) is 2.61. The van der Waals surface area contributed by atoms with Gasteiger partial charge in [0.15, 0.2) is 0 Å². The molecule has 0 aliphatic rings. The van der Waals surface area contributed by atoms with E-state index in [1.165, 1.54) is 0 Å². The molecule has 2 nitrogen and oxygen atoms in total. The molecule has 0 saturated carbocycles. The molecule has 0 saturated heterocycles. The molecule has 0 aliphatic heterocycles. The highest BCUT2D eigenvalue weighted by Gasteiger charge is 2.12. The second-order valence-corrected chi connectivity index (χ2v) is 5.14. The van der Waals surface area contributed by atoms with Gasteiger partial charge in [0, 0.05) is 0 Å². The molecule has 1 N–H and O–H groups in total. The highest BCUT2D eigenvalue weighted by molar-refractivity contribution is 6.19. The molecule has 0 amide bonds. The van der Waals surface area contributed by atoms with Crippen molar-refractivity contribution in [2.24, 2.45) is 0 Å². The average molecular weight is 288 g/mol. The topological polar surface area (TPSA) is 37.3 Å². The van der Waals surface area contributed by atoms with E-state index in [1.54, 1.807) is 6.08 Å². The number of fused-ring (bicyclic) bond motifs is 1. The summed E-state index contributed by atoms with van der Waals surface area (Å²) in [7, 11) is 0. The van der Waals surface area contributed by atoms with Gasteiger partial charge in [-0.2, -0.15) is 0 Å². The molecule has 3 aromatic carbocycles. The second-order valence-electron chi connectivity index (χ2n) is 5.14. The summed E-state index contributed by atoms with van der Waals surface area (Å²) < 4.78 is 0. The number of carboxylic acid groups (broad SMARTS) is 1. The van der Waals surface area contributed by atoms with Crippen LogP contribution >= 0.6 is 0 Å². The normalized spacial score (nSPS) is 11.5. The molecule has 3 aromatic rings. The Kier molecular flexibility index (Phi) is 4.01. The average Bonchev–Trinajstić information content (AvgIpc) is 2.56. The van der Waals surface area contributed by atoms with Gasteiger partial charge in [0.2, 0.25) is 0 Å². The van der Waals surface area contributed by atoms with Crippen LogP contribution < -0.4 is 0 Å². The Morgan fingerprint density at radius 2 is 1.55 bits per heavy atom. The molecule has 0 atom stereocenters. The van der Waals surface area contributed by atoms with E-state index in [0.717, 1.165) is 21.9 Å². The van der Waals surface area contributed by atoms with Gasteiger partial charge in [-0.25, -0.2) is 4.79 Å². The summed E-state index contributed by atoms with van der Waals surface area (Å²) in [5, 5.41) is 11.6. The number of carboxylic acids is 1. The third-order valence-corrected chi connectivity index (χ3v) is 3.69. The molecule has 108 valence electrons. The van der Waals surface area contributed by atoms with Crippen molar-refractivity contribution in [3.05, 3.63) is 90.0 Å². The SMILES string of the molecule is O=C(O)C(=CCc1ccccc1)c1cccc2ccccc12. The quantitative estimate of drug-likeness (QED) is 0.715. The second kappa shape index (κ2) is 6.27. The van der Waals surface area contributed by atoms with Crippen molar-refractivity contribution in [2.75, 3.05) is 0 Å². The van der Waals surface area contributed by atoms with Crippen LogP contribution in [0.2, 0.25) is 0 Å². The fraction of sp³-hybridized carbons (Fsp3) is 0.0500. The van der Waals surface area contributed by atoms with E-state index in [-0.39, 0.29) is 0 Å². The van der Waals surface area contributed by atoms with Crippen molar-refractivity contribution in [1.29, 1.82) is 0 Å². The van der Waals surface area contributed by atoms with Crippen LogP contribution in [0.4, 0.5) is 0 Å². The summed E-state index contributed by atoms with van der Waals surface area (Å²) in [6.45, 7) is 0. The summed E-state index contributed by atoms with van der Waals surface area (Å²) in [4.78, 5) is 11.7. The number of hydrogen-bond acceptors (Lipinski definition) is 1. The number of carbonyl (C=O) groups is 1. The van der Waals surface area contributed by atoms with E-state index in [4.69, 9.17) is 0 Å². The number of rotatable bonds is 4. The maximum atomic E-state index is 11.7. The molecule has 0 spiro atoms. The lowest BCUT2D eigenvalue weighted by Gasteiger charge is -2.08. The molecule has 2 heteroatoms. The summed E-state index contributed by atoms with van der Waals surface area (Å²) in [6, 6.07) is 23.5. The standard InChI is InChI=1S/C20H16O2/c21-20(22)19(14-13-15-7-2-1-3-8-15)18-12-6-10-16-9-4-5-11-17(16)18/h1-12,14H,13H2,(H,21,22). The predicted molar refractivity (Wildman–Crippen MR) is 89.7 cm³/mol. The summed E-state index contributed by atoms with van der Waals surface area (Å²) in [6.07, 6.45) is 2.39. The molecule has 0 heterocycles. The first kappa shape index (κ1) is 14.1. The Balaban J connectivity index is 2.05. The van der Waals surface area contributed by atoms with Crippen molar-refractivity contribution in [3.8, 4) is 0 Å². The van der Waals surface area contributed by atoms with E-state index >= 15 is 0 Å². The van der Waals surface area contributed by atoms with Crippen LogP contribution in [-0.4, -0.2) is 11.1 Å². The number of allylic oxidation sites excluding steroid dienone is 1. The van der Waals surface area contributed by atoms with Crippen LogP contribution in [-0.2, 0) is 11.2 Å². The van der Waals surface area contributed by atoms with Crippen molar-refractivity contribution in [2.45, 2.75) is 6.42 Å². The van der Waals surface area contributed by atoms with Crippen molar-refractivity contribution < 1.29 is 9.90 Å². The maximum Gasteiger partial charge on any atom is 0.336 e. The molecule has 0 aliphatic carbocycles. The van der Waals surface area contributed by atoms with Crippen molar-refractivity contribution in [3.63, 3.8) is 0 Å². The minimum Gasteiger partial charge on any atom is -0.478 e. The summed E-state index contributed by atoms with van der Waals surface area (Å²) in [5.41, 5.74) is 2.21. The van der Waals surface area contributed by atoms with Gasteiger partial charge < -0.3 is 5.11 Å². The Labute approximate surface area is 129 Å². The van der Waals surface area contributed by atoms with E-state index < -0.39 is 5.97 Å². The Bertz CT molecular complexity index is 827. The lowest BCUT2D eigenvalue weighted by molar-refractivity contribution is -0.130. The molecule has 22 heavy (non-hydrogen) atoms. The van der Waals surface area contributed by atoms with Crippen molar-refractivity contribution in [1.82, 2.24) is 0 Å². The monoisotopic (exact) mass is 288 g/mol. The van der Waals surface area contributed by atoms with Gasteiger partial charge in [0.25, 0.3) is 0 Å². The van der Waals surface area contributed by atoms with Crippen LogP contribution in [0.5, 0.6) is 0 Å². The van der Waals surface area contributed by atoms with Gasteiger partial charge in [-0.15, -0.1) is 0 Å². The van der Waals surface area contributed by atoms with E-state index in [9.17, 15) is 9.90 Å². The predicted octanol–water partition coefficient (Wildman–Crippen LogP) is 4.55. The van der Waals surface area contributed by atoms with Crippen LogP contribution in [0.25, 0.3) is 16.3 Å². The maximum absolute atomic E-state index is 11.7. The number of benzene rings is 3. The highest BCUT2D eigenvalue weighted by Crippen LogP contribution is 2.25. The van der Waals surface area contributed by atoms with Crippen molar-refractivity contribution >= 4 is 22.3 Å². The minimum atomic E-state index is -0.896. The molecule has 3 rings (SSSR count). The van der Waals surface area contributed by atoms with Gasteiger partial charge in [-0.1, -0.05) is 78.9 Å². The summed E-state index contributed by atoms with van der Waals surface area (Å²) in [5.74, 6) is -0.896. The zero-order valence-corrected chi connectivity index (χ0v) is 12.1. The van der Waals surface area contributed by atoms with Gasteiger partial charge in [0.1, 0.15) is 0 Å². The largest absolute Gasteiger partial charge is 0.478 e. The first-order chi connectivity index (χ1) is 10.8. The highest BCUT2D eigenvalue weighted by atomic mass is 16.4. The van der Waals surface area contributed by atoms with Crippen LogP contribution in [0.15, 0.2) is 78.9 Å². The van der Waals surface area contributed by atoms with Crippen LogP contribution in [0.3, 0.4) is 0 Å². The smallest absolute Gasteiger partial charge is 0.336 e. The first-order valence-electron chi connectivity index (χ1n) is 7.21. The third kappa shape index (κ3) is 2.91. The summed E-state index contributed by atoms with van der Waals surface area (Å²) >= 11 is 0.